The maximum atomic E-state index is 13.0. The van der Waals surface area contributed by atoms with Crippen molar-refractivity contribution in [3.05, 3.63) is 11.6 Å². The van der Waals surface area contributed by atoms with Crippen LogP contribution in [0.4, 0.5) is 0 Å². The summed E-state index contributed by atoms with van der Waals surface area (Å²) in [6.45, 7) is 12.0. The molecule has 1 saturated heterocycles. The van der Waals surface area contributed by atoms with Crippen LogP contribution < -0.4 is 0 Å². The summed E-state index contributed by atoms with van der Waals surface area (Å²) >= 11 is 0. The summed E-state index contributed by atoms with van der Waals surface area (Å²) in [4.78, 5) is 48.0. The molecule has 1 aliphatic heterocycles. The van der Waals surface area contributed by atoms with Crippen LogP contribution in [0.25, 0.3) is 0 Å². The molecule has 57 heavy (non-hydrogen) atoms. The van der Waals surface area contributed by atoms with Gasteiger partial charge in [-0.15, -0.1) is 0 Å². The Kier molecular flexibility index (Phi) is 11.6. The fourth-order valence-corrected chi connectivity index (χ4v) is 13.0. The molecule has 0 spiro atoms. The number of hydrogen-bond donors (Lipinski definition) is 8. The number of ether oxygens (including phenoxy) is 4. The highest BCUT2D eigenvalue weighted by molar-refractivity contribution is 5.77. The Balaban J connectivity index is 1.28. The van der Waals surface area contributed by atoms with E-state index in [-0.39, 0.29) is 46.0 Å². The van der Waals surface area contributed by atoms with Crippen molar-refractivity contribution in [2.75, 3.05) is 13.2 Å². The summed E-state index contributed by atoms with van der Waals surface area (Å²) in [6, 6.07) is 0. The number of fused-ring (bicyclic) bond motifs is 7. The van der Waals surface area contributed by atoms with E-state index in [1.807, 2.05) is 6.92 Å². The van der Waals surface area contributed by atoms with Crippen molar-refractivity contribution < 1.29 is 79.0 Å². The first-order valence-electron chi connectivity index (χ1n) is 20.3. The highest BCUT2D eigenvalue weighted by Crippen LogP contribution is 2.76. The molecular formula is C41H62O16. The van der Waals surface area contributed by atoms with E-state index in [1.54, 1.807) is 0 Å². The fraction of sp³-hybridized carbons (Fsp3) is 0.854. The molecule has 5 aliphatic carbocycles. The number of aliphatic hydroxyl groups excluding tert-OH is 4. The van der Waals surface area contributed by atoms with Gasteiger partial charge in [0.25, 0.3) is 0 Å². The van der Waals surface area contributed by atoms with Crippen LogP contribution in [0.15, 0.2) is 11.6 Å². The SMILES string of the molecule is CC1(C)CC[C@]2(C(=O)O)CC[C@]3(C)C(=CC[C@@H]4[C@@]5(C)CC[C@H](O[C@@H]6O[C@H](C(=O)O)[C@@H](O)[C@H](O[C@H](OCC(=O)O)[C@@H](O)C(=O)O)[C@H]6O)[C@@](C)(CO)[C@@H]5CC[C@]43C)[C@@H]2C1. The van der Waals surface area contributed by atoms with Crippen LogP contribution in [0.1, 0.15) is 106 Å². The summed E-state index contributed by atoms with van der Waals surface area (Å²) in [5.74, 6) is -5.72. The zero-order valence-corrected chi connectivity index (χ0v) is 33.8. The van der Waals surface area contributed by atoms with Crippen molar-refractivity contribution in [3.8, 4) is 0 Å². The van der Waals surface area contributed by atoms with E-state index < -0.39 is 90.5 Å². The Bertz CT molecular complexity index is 1630. The second kappa shape index (κ2) is 15.1. The van der Waals surface area contributed by atoms with Crippen LogP contribution in [0, 0.1) is 50.2 Å². The average molecular weight is 811 g/mol. The summed E-state index contributed by atoms with van der Waals surface area (Å²) < 4.78 is 22.3. The maximum absolute atomic E-state index is 13.0. The topological polar surface area (TPSA) is 267 Å². The Hall–Kier alpha value is -2.70. The lowest BCUT2D eigenvalue weighted by molar-refractivity contribution is -0.347. The van der Waals surface area contributed by atoms with E-state index in [0.29, 0.717) is 25.7 Å². The number of aliphatic carboxylic acids is 4. The molecule has 0 bridgehead atoms. The summed E-state index contributed by atoms with van der Waals surface area (Å²) in [5, 5.41) is 82.9. The zero-order valence-electron chi connectivity index (χ0n) is 33.8. The number of carbonyl (C=O) groups is 4. The number of allylic oxidation sites excluding steroid dienone is 2. The third kappa shape index (κ3) is 6.93. The van der Waals surface area contributed by atoms with Crippen molar-refractivity contribution in [3.63, 3.8) is 0 Å². The predicted octanol–water partition coefficient (Wildman–Crippen LogP) is 3.02. The van der Waals surface area contributed by atoms with Gasteiger partial charge < -0.3 is 59.8 Å². The molecule has 16 heteroatoms. The normalized spacial score (nSPS) is 46.1. The smallest absolute Gasteiger partial charge is 0.337 e. The van der Waals surface area contributed by atoms with Gasteiger partial charge in [0.2, 0.25) is 6.10 Å². The van der Waals surface area contributed by atoms with Gasteiger partial charge in [0.1, 0.15) is 24.9 Å². The highest BCUT2D eigenvalue weighted by atomic mass is 16.7. The molecular weight excluding hydrogens is 748 g/mol. The standard InChI is InChI=1S/C41H62O16/c1-36(2)13-15-41(35(52)53)16-14-39(5)20(21(41)17-36)7-8-23-37(3)11-10-24(38(4,19-42)22(37)9-12-40(23,39)6)55-34-27(46)29(26(45)30(57-34)32(50)51)56-33(28(47)31(48)49)54-18-25(43)44/h7,21-24,26-30,33-34,42,45-47H,8-19H2,1-6H3,(H,43,44)(H,48,49)(H,50,51)(H,52,53)/t21-,22+,23+,24-,26-,27+,28-,29-,30-,33-,34+,37-,38-,39+,40+,41-/m0/s1. The Morgan fingerprint density at radius 2 is 1.54 bits per heavy atom. The quantitative estimate of drug-likeness (QED) is 0.0800. The van der Waals surface area contributed by atoms with E-state index in [1.165, 1.54) is 5.57 Å². The lowest BCUT2D eigenvalue weighted by atomic mass is 9.33. The van der Waals surface area contributed by atoms with Crippen LogP contribution in [0.3, 0.4) is 0 Å². The van der Waals surface area contributed by atoms with Crippen LogP contribution in [-0.4, -0.2) is 127 Å². The minimum absolute atomic E-state index is 0.0331. The molecule has 16 nitrogen and oxygen atoms in total. The third-order valence-electron chi connectivity index (χ3n) is 16.4. The van der Waals surface area contributed by atoms with Crippen LogP contribution >= 0.6 is 0 Å². The van der Waals surface area contributed by atoms with Crippen LogP contribution in [0.5, 0.6) is 0 Å². The summed E-state index contributed by atoms with van der Waals surface area (Å²) in [7, 11) is 0. The largest absolute Gasteiger partial charge is 0.481 e. The molecule has 6 aliphatic rings. The van der Waals surface area contributed by atoms with E-state index in [9.17, 15) is 54.9 Å². The van der Waals surface area contributed by atoms with E-state index in [2.05, 4.69) is 40.7 Å². The lowest BCUT2D eigenvalue weighted by Crippen LogP contribution is -2.67. The molecule has 5 fully saturated rings. The zero-order chi connectivity index (χ0) is 42.3. The van der Waals surface area contributed by atoms with Crippen molar-refractivity contribution >= 4 is 23.9 Å². The van der Waals surface area contributed by atoms with Gasteiger partial charge in [-0.2, -0.15) is 0 Å². The molecule has 0 amide bonds. The average Bonchev–Trinajstić information content (AvgIpc) is 3.12. The molecule has 8 N–H and O–H groups in total. The first kappa shape index (κ1) is 43.9. The van der Waals surface area contributed by atoms with Crippen molar-refractivity contribution in [2.24, 2.45) is 50.2 Å². The maximum Gasteiger partial charge on any atom is 0.337 e. The van der Waals surface area contributed by atoms with Gasteiger partial charge in [-0.3, -0.25) is 4.79 Å². The van der Waals surface area contributed by atoms with Gasteiger partial charge in [-0.1, -0.05) is 53.2 Å². The second-order valence-corrected chi connectivity index (χ2v) is 19.7. The van der Waals surface area contributed by atoms with E-state index in [4.69, 9.17) is 24.1 Å². The first-order chi connectivity index (χ1) is 26.4. The third-order valence-corrected chi connectivity index (χ3v) is 16.4. The Morgan fingerprint density at radius 1 is 0.877 bits per heavy atom. The van der Waals surface area contributed by atoms with Gasteiger partial charge in [0, 0.05) is 5.41 Å². The molecule has 0 unspecified atom stereocenters. The molecule has 0 aromatic heterocycles. The molecule has 322 valence electrons. The summed E-state index contributed by atoms with van der Waals surface area (Å²) in [5.41, 5.74) is -1.06. The van der Waals surface area contributed by atoms with Gasteiger partial charge >= 0.3 is 23.9 Å². The molecule has 6 rings (SSSR count). The van der Waals surface area contributed by atoms with Gasteiger partial charge in [0.05, 0.1) is 18.1 Å². The first-order valence-corrected chi connectivity index (χ1v) is 20.3. The van der Waals surface area contributed by atoms with Crippen LogP contribution in [-0.2, 0) is 38.1 Å². The second-order valence-electron chi connectivity index (χ2n) is 19.7. The highest BCUT2D eigenvalue weighted by Gasteiger charge is 2.70. The van der Waals surface area contributed by atoms with Crippen molar-refractivity contribution in [1.82, 2.24) is 0 Å². The van der Waals surface area contributed by atoms with Crippen LogP contribution in [0.2, 0.25) is 0 Å². The molecule has 16 atom stereocenters. The minimum atomic E-state index is -2.48. The van der Waals surface area contributed by atoms with E-state index >= 15 is 0 Å². The number of rotatable bonds is 12. The number of hydrogen-bond acceptors (Lipinski definition) is 12. The molecule has 1 heterocycles. The molecule has 4 saturated carbocycles. The molecule has 0 radical (unpaired) electrons. The van der Waals surface area contributed by atoms with E-state index in [0.717, 1.165) is 38.5 Å². The number of carboxylic acids is 4. The Labute approximate surface area is 332 Å². The van der Waals surface area contributed by atoms with Gasteiger partial charge in [-0.25, -0.2) is 14.4 Å². The predicted molar refractivity (Wildman–Crippen MR) is 197 cm³/mol. The lowest BCUT2D eigenvalue weighted by Gasteiger charge is -2.71. The monoisotopic (exact) mass is 810 g/mol. The van der Waals surface area contributed by atoms with Crippen molar-refractivity contribution in [1.29, 1.82) is 0 Å². The van der Waals surface area contributed by atoms with Gasteiger partial charge in [-0.05, 0) is 104 Å². The Morgan fingerprint density at radius 3 is 2.14 bits per heavy atom. The summed E-state index contributed by atoms with van der Waals surface area (Å²) in [6.07, 6.45) is -5.93. The van der Waals surface area contributed by atoms with Crippen molar-refractivity contribution in [2.45, 2.75) is 155 Å². The number of aliphatic hydroxyl groups is 4. The fourth-order valence-electron chi connectivity index (χ4n) is 13.0. The molecule has 0 aromatic carbocycles. The minimum Gasteiger partial charge on any atom is -0.481 e. The number of carboxylic acid groups (broad SMARTS) is 4. The van der Waals surface area contributed by atoms with Gasteiger partial charge in [0.15, 0.2) is 18.7 Å². The molecule has 0 aromatic rings.